The van der Waals surface area contributed by atoms with E-state index in [4.69, 9.17) is 4.74 Å². The SMILES string of the molecule is Cc1cccc(N2CCN(C(=O)[C@H](C)Oc3ccccc3C(C)C)CC2)c1C. The van der Waals surface area contributed by atoms with Crippen molar-refractivity contribution in [2.24, 2.45) is 0 Å². The van der Waals surface area contributed by atoms with Gasteiger partial charge in [0.1, 0.15) is 5.75 Å². The number of aryl methyl sites for hydroxylation is 1. The fourth-order valence-corrected chi connectivity index (χ4v) is 3.81. The summed E-state index contributed by atoms with van der Waals surface area (Å²) >= 11 is 0. The number of carbonyl (C=O) groups excluding carboxylic acids is 1. The van der Waals surface area contributed by atoms with Gasteiger partial charge in [-0.1, -0.05) is 44.2 Å². The van der Waals surface area contributed by atoms with Gasteiger partial charge in [0.25, 0.3) is 5.91 Å². The van der Waals surface area contributed by atoms with Crippen LogP contribution in [0.2, 0.25) is 0 Å². The van der Waals surface area contributed by atoms with Gasteiger partial charge in [0.05, 0.1) is 0 Å². The standard InChI is InChI=1S/C24H32N2O2/c1-17(2)21-10-6-7-12-23(21)28-20(5)24(27)26-15-13-25(14-16-26)22-11-8-9-18(3)19(22)4/h6-12,17,20H,13-16H2,1-5H3/t20-/m0/s1. The van der Waals surface area contributed by atoms with Crippen molar-refractivity contribution in [3.05, 3.63) is 59.2 Å². The van der Waals surface area contributed by atoms with E-state index in [1.807, 2.05) is 30.0 Å². The van der Waals surface area contributed by atoms with Crippen LogP contribution in [0.4, 0.5) is 5.69 Å². The van der Waals surface area contributed by atoms with Gasteiger partial charge >= 0.3 is 0 Å². The number of ether oxygens (including phenoxy) is 1. The highest BCUT2D eigenvalue weighted by Crippen LogP contribution is 2.27. The molecule has 0 radical (unpaired) electrons. The zero-order chi connectivity index (χ0) is 20.3. The molecule has 2 aromatic carbocycles. The number of hydrogen-bond acceptors (Lipinski definition) is 3. The topological polar surface area (TPSA) is 32.8 Å². The number of piperazine rings is 1. The minimum Gasteiger partial charge on any atom is -0.481 e. The van der Waals surface area contributed by atoms with Gasteiger partial charge in [0.15, 0.2) is 6.10 Å². The maximum atomic E-state index is 12.9. The van der Waals surface area contributed by atoms with Gasteiger partial charge in [0.2, 0.25) is 0 Å². The molecule has 3 rings (SSSR count). The second-order valence-electron chi connectivity index (χ2n) is 7.98. The first kappa shape index (κ1) is 20.2. The van der Waals surface area contributed by atoms with Gasteiger partial charge in [-0.3, -0.25) is 4.79 Å². The molecule has 0 N–H and O–H groups in total. The van der Waals surface area contributed by atoms with E-state index in [-0.39, 0.29) is 5.91 Å². The van der Waals surface area contributed by atoms with E-state index >= 15 is 0 Å². The van der Waals surface area contributed by atoms with Crippen LogP contribution in [0.25, 0.3) is 0 Å². The highest BCUT2D eigenvalue weighted by Gasteiger charge is 2.27. The van der Waals surface area contributed by atoms with Crippen molar-refractivity contribution in [2.75, 3.05) is 31.1 Å². The zero-order valence-electron chi connectivity index (χ0n) is 17.7. The Morgan fingerprint density at radius 1 is 0.929 bits per heavy atom. The summed E-state index contributed by atoms with van der Waals surface area (Å²) in [7, 11) is 0. The van der Waals surface area contributed by atoms with Crippen LogP contribution in [0.15, 0.2) is 42.5 Å². The van der Waals surface area contributed by atoms with E-state index in [2.05, 4.69) is 56.9 Å². The fourth-order valence-electron chi connectivity index (χ4n) is 3.81. The first-order valence-corrected chi connectivity index (χ1v) is 10.2. The second-order valence-corrected chi connectivity index (χ2v) is 7.98. The molecule has 0 bridgehead atoms. The highest BCUT2D eigenvalue weighted by atomic mass is 16.5. The van der Waals surface area contributed by atoms with E-state index < -0.39 is 6.10 Å². The molecule has 150 valence electrons. The molecule has 0 aliphatic carbocycles. The zero-order valence-corrected chi connectivity index (χ0v) is 17.7. The fraction of sp³-hybridized carbons (Fsp3) is 0.458. The Morgan fingerprint density at radius 3 is 2.29 bits per heavy atom. The van der Waals surface area contributed by atoms with Gasteiger partial charge in [-0.05, 0) is 55.5 Å². The first-order chi connectivity index (χ1) is 13.4. The molecule has 2 aromatic rings. The van der Waals surface area contributed by atoms with E-state index in [9.17, 15) is 4.79 Å². The van der Waals surface area contributed by atoms with Crippen LogP contribution in [-0.2, 0) is 4.79 Å². The molecule has 1 fully saturated rings. The minimum absolute atomic E-state index is 0.0687. The molecule has 0 aromatic heterocycles. The number of para-hydroxylation sites is 1. The van der Waals surface area contributed by atoms with Crippen molar-refractivity contribution in [3.63, 3.8) is 0 Å². The average molecular weight is 381 g/mol. The molecule has 28 heavy (non-hydrogen) atoms. The summed E-state index contributed by atoms with van der Waals surface area (Å²) in [6, 6.07) is 14.4. The quantitative estimate of drug-likeness (QED) is 0.763. The predicted octanol–water partition coefficient (Wildman–Crippen LogP) is 4.54. The van der Waals surface area contributed by atoms with Crippen LogP contribution in [0, 0.1) is 13.8 Å². The van der Waals surface area contributed by atoms with Crippen LogP contribution in [0.5, 0.6) is 5.75 Å². The Morgan fingerprint density at radius 2 is 1.61 bits per heavy atom. The molecule has 0 spiro atoms. The number of nitrogens with zero attached hydrogens (tertiary/aromatic N) is 2. The lowest BCUT2D eigenvalue weighted by Crippen LogP contribution is -2.52. The third kappa shape index (κ3) is 4.32. The Kier molecular flexibility index (Phi) is 6.28. The number of anilines is 1. The normalized spacial score (nSPS) is 15.6. The lowest BCUT2D eigenvalue weighted by Gasteiger charge is -2.38. The van der Waals surface area contributed by atoms with Crippen molar-refractivity contribution in [2.45, 2.75) is 46.6 Å². The van der Waals surface area contributed by atoms with Crippen molar-refractivity contribution in [3.8, 4) is 5.75 Å². The number of rotatable bonds is 5. The number of benzene rings is 2. The lowest BCUT2D eigenvalue weighted by atomic mass is 10.0. The van der Waals surface area contributed by atoms with Crippen molar-refractivity contribution >= 4 is 11.6 Å². The summed E-state index contributed by atoms with van der Waals surface area (Å²) in [5.74, 6) is 1.24. The molecule has 1 aliphatic heterocycles. The number of hydrogen-bond donors (Lipinski definition) is 0. The number of carbonyl (C=O) groups is 1. The molecular weight excluding hydrogens is 348 g/mol. The van der Waals surface area contributed by atoms with E-state index in [1.54, 1.807) is 0 Å². The Bertz CT molecular complexity index is 823. The Hall–Kier alpha value is -2.49. The van der Waals surface area contributed by atoms with E-state index in [1.165, 1.54) is 16.8 Å². The highest BCUT2D eigenvalue weighted by molar-refractivity contribution is 5.81. The molecule has 1 amide bonds. The summed E-state index contributed by atoms with van der Waals surface area (Å²) in [5, 5.41) is 0. The monoisotopic (exact) mass is 380 g/mol. The van der Waals surface area contributed by atoms with Crippen LogP contribution in [-0.4, -0.2) is 43.1 Å². The summed E-state index contributed by atoms with van der Waals surface area (Å²) in [4.78, 5) is 17.2. The van der Waals surface area contributed by atoms with Crippen molar-refractivity contribution in [1.82, 2.24) is 4.90 Å². The van der Waals surface area contributed by atoms with Gasteiger partial charge < -0.3 is 14.5 Å². The van der Waals surface area contributed by atoms with Crippen LogP contribution in [0.1, 0.15) is 43.4 Å². The van der Waals surface area contributed by atoms with Crippen molar-refractivity contribution in [1.29, 1.82) is 0 Å². The third-order valence-corrected chi connectivity index (χ3v) is 5.70. The molecule has 4 heteroatoms. The van der Waals surface area contributed by atoms with Gasteiger partial charge in [-0.25, -0.2) is 0 Å². The number of amides is 1. The summed E-state index contributed by atoms with van der Waals surface area (Å²) in [5.41, 5.74) is 5.05. The molecular formula is C24H32N2O2. The summed E-state index contributed by atoms with van der Waals surface area (Å²) < 4.78 is 6.06. The first-order valence-electron chi connectivity index (χ1n) is 10.2. The lowest BCUT2D eigenvalue weighted by molar-refractivity contribution is -0.138. The van der Waals surface area contributed by atoms with Gasteiger partial charge in [-0.2, -0.15) is 0 Å². The van der Waals surface area contributed by atoms with Crippen molar-refractivity contribution < 1.29 is 9.53 Å². The van der Waals surface area contributed by atoms with Crippen LogP contribution >= 0.6 is 0 Å². The van der Waals surface area contributed by atoms with Gasteiger partial charge in [-0.15, -0.1) is 0 Å². The minimum atomic E-state index is -0.479. The summed E-state index contributed by atoms with van der Waals surface area (Å²) in [6.45, 7) is 13.6. The molecule has 1 saturated heterocycles. The summed E-state index contributed by atoms with van der Waals surface area (Å²) in [6.07, 6.45) is -0.479. The Labute approximate surface area is 169 Å². The molecule has 1 aliphatic rings. The smallest absolute Gasteiger partial charge is 0.263 e. The molecule has 1 heterocycles. The molecule has 4 nitrogen and oxygen atoms in total. The third-order valence-electron chi connectivity index (χ3n) is 5.70. The average Bonchev–Trinajstić information content (AvgIpc) is 2.70. The maximum absolute atomic E-state index is 12.9. The second kappa shape index (κ2) is 8.68. The largest absolute Gasteiger partial charge is 0.481 e. The molecule has 1 atom stereocenters. The predicted molar refractivity (Wildman–Crippen MR) is 115 cm³/mol. The van der Waals surface area contributed by atoms with E-state index in [0.717, 1.165) is 37.5 Å². The molecule has 0 unspecified atom stereocenters. The van der Waals surface area contributed by atoms with Crippen LogP contribution in [0.3, 0.4) is 0 Å². The van der Waals surface area contributed by atoms with Crippen LogP contribution < -0.4 is 9.64 Å². The Balaban J connectivity index is 1.61. The van der Waals surface area contributed by atoms with Gasteiger partial charge in [0, 0.05) is 31.9 Å². The maximum Gasteiger partial charge on any atom is 0.263 e. The van der Waals surface area contributed by atoms with E-state index in [0.29, 0.717) is 5.92 Å². The molecule has 0 saturated carbocycles.